The second-order valence-corrected chi connectivity index (χ2v) is 10.9. The molecule has 0 atom stereocenters. The minimum Gasteiger partial charge on any atom is -0.371 e. The summed E-state index contributed by atoms with van der Waals surface area (Å²) in [5, 5.41) is 8.55. The number of nitriles is 1. The maximum absolute atomic E-state index is 12.6. The third-order valence-corrected chi connectivity index (χ3v) is 6.79. The predicted octanol–water partition coefficient (Wildman–Crippen LogP) is 8.09. The number of nitrogens with zero attached hydrogens (tertiary/aromatic N) is 5. The average molecular weight is 570 g/mol. The van der Waals surface area contributed by atoms with Gasteiger partial charge >= 0.3 is 0 Å². The maximum atomic E-state index is 12.6. The molecule has 0 unspecified atom stereocenters. The lowest BCUT2D eigenvalue weighted by atomic mass is 9.92. The predicted molar refractivity (Wildman–Crippen MR) is 178 cm³/mol. The normalized spacial score (nSPS) is 14.4. The van der Waals surface area contributed by atoms with Crippen molar-refractivity contribution in [2.75, 3.05) is 26.2 Å². The van der Waals surface area contributed by atoms with E-state index in [-0.39, 0.29) is 11.3 Å². The number of carbonyl (C=O) groups is 1. The summed E-state index contributed by atoms with van der Waals surface area (Å²) in [4.78, 5) is 25.6. The number of allylic oxidation sites excluding steroid dienone is 4. The molecule has 2 heterocycles. The first-order valence-electron chi connectivity index (χ1n) is 15.0. The van der Waals surface area contributed by atoms with E-state index in [1.54, 1.807) is 18.5 Å². The molecular formula is C36H51N5O. The molecule has 0 N–H and O–H groups in total. The molecule has 6 nitrogen and oxygen atoms in total. The van der Waals surface area contributed by atoms with Crippen LogP contribution in [0.3, 0.4) is 0 Å². The van der Waals surface area contributed by atoms with E-state index < -0.39 is 0 Å². The Morgan fingerprint density at radius 3 is 2.17 bits per heavy atom. The molecule has 0 radical (unpaired) electrons. The van der Waals surface area contributed by atoms with Crippen LogP contribution in [0.5, 0.6) is 0 Å². The summed E-state index contributed by atoms with van der Waals surface area (Å²) >= 11 is 0. The van der Waals surface area contributed by atoms with Crippen molar-refractivity contribution in [3.63, 3.8) is 0 Å². The topological polar surface area (TPSA) is 72.6 Å². The number of carbonyl (C=O) groups excluding carboxylic acids is 1. The molecule has 0 spiro atoms. The third-order valence-electron chi connectivity index (χ3n) is 6.79. The number of hydrogen-bond donors (Lipinski definition) is 0. The molecule has 0 aliphatic carbocycles. The number of aryl methyl sites for hydroxylation is 1. The molecule has 0 saturated carbocycles. The van der Waals surface area contributed by atoms with Gasteiger partial charge in [0, 0.05) is 66.7 Å². The van der Waals surface area contributed by atoms with Crippen LogP contribution < -0.4 is 0 Å². The molecule has 2 aromatic rings. The highest BCUT2D eigenvalue weighted by atomic mass is 16.2. The second-order valence-electron chi connectivity index (χ2n) is 10.9. The lowest BCUT2D eigenvalue weighted by molar-refractivity contribution is -0.141. The van der Waals surface area contributed by atoms with E-state index in [0.717, 1.165) is 56.0 Å². The Bertz CT molecular complexity index is 1270. The Hall–Kier alpha value is -3.98. The number of hydrogen-bond acceptors (Lipinski definition) is 5. The Kier molecular flexibility index (Phi) is 15.8. The molecule has 1 aliphatic rings. The van der Waals surface area contributed by atoms with Gasteiger partial charge in [0.2, 0.25) is 5.91 Å². The highest BCUT2D eigenvalue weighted by Gasteiger charge is 2.30. The van der Waals surface area contributed by atoms with Gasteiger partial charge in [0.05, 0.1) is 11.6 Å². The molecular weight excluding hydrogens is 518 g/mol. The first-order valence-corrected chi connectivity index (χ1v) is 15.0. The van der Waals surface area contributed by atoms with Crippen LogP contribution in [0, 0.1) is 16.7 Å². The SMILES string of the molecule is C=CN=C(C)C(/C(=C\C)c1ccccc1)=C(\C)N1CCN(C(=O)C(C)(C)C)CC1.CC.CCCc1cc(C#N)ccn1. The van der Waals surface area contributed by atoms with E-state index in [1.165, 1.54) is 16.8 Å². The van der Waals surface area contributed by atoms with E-state index in [4.69, 9.17) is 5.26 Å². The van der Waals surface area contributed by atoms with Crippen molar-refractivity contribution >= 4 is 17.2 Å². The highest BCUT2D eigenvalue weighted by molar-refractivity contribution is 6.12. The fraction of sp³-hybridized carbons (Fsp3) is 0.444. The molecule has 1 saturated heterocycles. The van der Waals surface area contributed by atoms with Crippen LogP contribution in [0.15, 0.2) is 83.8 Å². The first kappa shape index (κ1) is 36.0. The van der Waals surface area contributed by atoms with Gasteiger partial charge in [0.1, 0.15) is 0 Å². The van der Waals surface area contributed by atoms with Crippen molar-refractivity contribution in [1.82, 2.24) is 14.8 Å². The zero-order valence-electron chi connectivity index (χ0n) is 27.4. The van der Waals surface area contributed by atoms with Crippen LogP contribution in [0.2, 0.25) is 0 Å². The van der Waals surface area contributed by atoms with Crippen molar-refractivity contribution in [3.05, 3.63) is 95.6 Å². The van der Waals surface area contributed by atoms with Crippen LogP contribution in [-0.4, -0.2) is 52.6 Å². The minimum absolute atomic E-state index is 0.224. The van der Waals surface area contributed by atoms with Gasteiger partial charge in [-0.2, -0.15) is 5.26 Å². The Labute approximate surface area is 255 Å². The summed E-state index contributed by atoms with van der Waals surface area (Å²) < 4.78 is 0. The van der Waals surface area contributed by atoms with Crippen molar-refractivity contribution < 1.29 is 4.79 Å². The fourth-order valence-corrected chi connectivity index (χ4v) is 4.74. The van der Waals surface area contributed by atoms with E-state index >= 15 is 0 Å². The van der Waals surface area contributed by atoms with Crippen molar-refractivity contribution in [2.24, 2.45) is 10.4 Å². The van der Waals surface area contributed by atoms with Crippen LogP contribution in [0.25, 0.3) is 5.57 Å². The van der Waals surface area contributed by atoms with E-state index in [0.29, 0.717) is 5.56 Å². The summed E-state index contributed by atoms with van der Waals surface area (Å²) in [5.41, 5.74) is 6.97. The smallest absolute Gasteiger partial charge is 0.228 e. The van der Waals surface area contributed by atoms with Crippen molar-refractivity contribution in [1.29, 1.82) is 5.26 Å². The number of rotatable bonds is 7. The van der Waals surface area contributed by atoms with Crippen LogP contribution in [0.1, 0.15) is 85.6 Å². The molecule has 1 aromatic carbocycles. The van der Waals surface area contributed by atoms with Gasteiger partial charge in [0.15, 0.2) is 0 Å². The Balaban J connectivity index is 0.000000564. The summed E-state index contributed by atoms with van der Waals surface area (Å²) in [6, 6.07) is 16.0. The van der Waals surface area contributed by atoms with Gasteiger partial charge in [-0.15, -0.1) is 0 Å². The quantitative estimate of drug-likeness (QED) is 0.249. The molecule has 226 valence electrons. The number of pyridine rings is 1. The van der Waals surface area contributed by atoms with E-state index in [9.17, 15) is 4.79 Å². The number of aliphatic imine (C=N–C) groups is 1. The zero-order chi connectivity index (χ0) is 31.7. The lowest BCUT2D eigenvalue weighted by Gasteiger charge is -2.39. The van der Waals surface area contributed by atoms with Crippen LogP contribution >= 0.6 is 0 Å². The van der Waals surface area contributed by atoms with Crippen LogP contribution in [0.4, 0.5) is 0 Å². The largest absolute Gasteiger partial charge is 0.371 e. The number of piperazine rings is 1. The summed E-state index contributed by atoms with van der Waals surface area (Å²) in [6.45, 7) is 25.2. The number of amides is 1. The Morgan fingerprint density at radius 2 is 1.67 bits per heavy atom. The Morgan fingerprint density at radius 1 is 1.07 bits per heavy atom. The minimum atomic E-state index is -0.336. The number of benzene rings is 1. The lowest BCUT2D eigenvalue weighted by Crippen LogP contribution is -2.51. The maximum Gasteiger partial charge on any atom is 0.228 e. The van der Waals surface area contributed by atoms with Gasteiger partial charge in [0.25, 0.3) is 0 Å². The van der Waals surface area contributed by atoms with Gasteiger partial charge in [-0.1, -0.05) is 91.0 Å². The number of aromatic nitrogens is 1. The van der Waals surface area contributed by atoms with Gasteiger partial charge in [-0.25, -0.2) is 0 Å². The molecule has 6 heteroatoms. The standard InChI is InChI=1S/C25H35N3O.C9H10N2.C2H6/c1-8-22(21-13-11-10-12-14-21)23(19(3)26-9-2)20(4)27-15-17-28(18-16-27)24(29)25(5,6)7;1-2-3-9-6-8(7-10)4-5-11-9;1-2/h8-14H,2,15-18H2,1,3-7H3;4-6H,2-3H2,1H3;1-2H3/b22-8-,23-20-,26-19?;;. The molecule has 1 fully saturated rings. The monoisotopic (exact) mass is 569 g/mol. The molecule has 1 aliphatic heterocycles. The molecule has 1 amide bonds. The fourth-order valence-electron chi connectivity index (χ4n) is 4.74. The zero-order valence-corrected chi connectivity index (χ0v) is 27.4. The first-order chi connectivity index (χ1) is 20.1. The van der Waals surface area contributed by atoms with Crippen molar-refractivity contribution in [3.8, 4) is 6.07 Å². The third kappa shape index (κ3) is 10.8. The second kappa shape index (κ2) is 18.5. The summed E-state index contributed by atoms with van der Waals surface area (Å²) in [6.07, 6.45) is 7.46. The van der Waals surface area contributed by atoms with Gasteiger partial charge < -0.3 is 9.80 Å². The van der Waals surface area contributed by atoms with Crippen LogP contribution in [-0.2, 0) is 11.2 Å². The van der Waals surface area contributed by atoms with E-state index in [2.05, 4.69) is 78.6 Å². The van der Waals surface area contributed by atoms with Gasteiger partial charge in [-0.05, 0) is 50.5 Å². The van der Waals surface area contributed by atoms with Gasteiger partial charge in [-0.3, -0.25) is 14.8 Å². The summed E-state index contributed by atoms with van der Waals surface area (Å²) in [5.74, 6) is 0.224. The average Bonchev–Trinajstić information content (AvgIpc) is 3.01. The molecule has 1 aromatic heterocycles. The van der Waals surface area contributed by atoms with Crippen molar-refractivity contribution in [2.45, 2.75) is 75.2 Å². The summed E-state index contributed by atoms with van der Waals surface area (Å²) in [7, 11) is 0. The van der Waals surface area contributed by atoms with E-state index in [1.807, 2.05) is 58.6 Å². The molecule has 0 bridgehead atoms. The highest BCUT2D eigenvalue weighted by Crippen LogP contribution is 2.29. The molecule has 42 heavy (non-hydrogen) atoms. The molecule has 3 rings (SSSR count).